The van der Waals surface area contributed by atoms with Gasteiger partial charge in [-0.25, -0.2) is 4.98 Å². The molecule has 0 saturated heterocycles. The topological polar surface area (TPSA) is 73.1 Å². The highest BCUT2D eigenvalue weighted by atomic mass is 32.1. The summed E-state index contributed by atoms with van der Waals surface area (Å²) in [6, 6.07) is 2.34. The summed E-state index contributed by atoms with van der Waals surface area (Å²) in [5.41, 5.74) is 5.74. The first kappa shape index (κ1) is 11.7. The van der Waals surface area contributed by atoms with Gasteiger partial charge in [0.25, 0.3) is 0 Å². The van der Waals surface area contributed by atoms with Crippen LogP contribution in [0.4, 0.5) is 11.8 Å². The molecular weight excluding hydrogens is 248 g/mol. The van der Waals surface area contributed by atoms with Gasteiger partial charge in [0, 0.05) is 7.11 Å². The number of anilines is 2. The van der Waals surface area contributed by atoms with Crippen molar-refractivity contribution in [2.45, 2.75) is 31.4 Å². The Hall–Kier alpha value is -1.40. The predicted molar refractivity (Wildman–Crippen MR) is 73.9 cm³/mol. The number of nitrogens with one attached hydrogen (secondary N) is 1. The van der Waals surface area contributed by atoms with E-state index in [0.717, 1.165) is 28.9 Å². The Kier molecular flexibility index (Phi) is 3.05. The summed E-state index contributed by atoms with van der Waals surface area (Å²) in [7, 11) is 1.76. The molecule has 3 N–H and O–H groups in total. The highest BCUT2D eigenvalue weighted by molar-refractivity contribution is 7.16. The van der Waals surface area contributed by atoms with Crippen LogP contribution >= 0.6 is 11.3 Å². The summed E-state index contributed by atoms with van der Waals surface area (Å²) < 4.78 is 5.49. The van der Waals surface area contributed by atoms with Crippen LogP contribution in [0.1, 0.15) is 19.3 Å². The maximum absolute atomic E-state index is 5.74. The van der Waals surface area contributed by atoms with Gasteiger partial charge in [-0.05, 0) is 30.7 Å². The van der Waals surface area contributed by atoms with Gasteiger partial charge in [-0.2, -0.15) is 4.98 Å². The largest absolute Gasteiger partial charge is 0.379 e. The van der Waals surface area contributed by atoms with E-state index >= 15 is 0 Å². The van der Waals surface area contributed by atoms with Crippen molar-refractivity contribution in [1.29, 1.82) is 0 Å². The number of rotatable bonds is 3. The highest BCUT2D eigenvalue weighted by Crippen LogP contribution is 2.30. The van der Waals surface area contributed by atoms with Crippen LogP contribution < -0.4 is 11.1 Å². The SMILES string of the molecule is COC1CCCC1Nc1nc(N)nc2sccc12. The number of nitrogens with zero attached hydrogens (tertiary/aromatic N) is 2. The third-order valence-corrected chi connectivity index (χ3v) is 4.23. The fourth-order valence-corrected chi connectivity index (χ4v) is 3.30. The van der Waals surface area contributed by atoms with Gasteiger partial charge in [0.1, 0.15) is 10.6 Å². The number of hydrogen-bond acceptors (Lipinski definition) is 6. The van der Waals surface area contributed by atoms with Crippen LogP contribution in [0.5, 0.6) is 0 Å². The van der Waals surface area contributed by atoms with Gasteiger partial charge in [0.05, 0.1) is 17.5 Å². The molecule has 1 fully saturated rings. The van der Waals surface area contributed by atoms with E-state index in [1.165, 1.54) is 6.42 Å². The maximum Gasteiger partial charge on any atom is 0.223 e. The number of nitrogens with two attached hydrogens (primary N) is 1. The Labute approximate surface area is 109 Å². The number of ether oxygens (including phenoxy) is 1. The molecule has 6 heteroatoms. The van der Waals surface area contributed by atoms with E-state index in [1.807, 2.05) is 11.4 Å². The zero-order chi connectivity index (χ0) is 12.5. The molecule has 1 saturated carbocycles. The van der Waals surface area contributed by atoms with Crippen LogP contribution in [-0.4, -0.2) is 29.2 Å². The van der Waals surface area contributed by atoms with Crippen LogP contribution in [0, 0.1) is 0 Å². The van der Waals surface area contributed by atoms with Crippen LogP contribution in [0.3, 0.4) is 0 Å². The van der Waals surface area contributed by atoms with Gasteiger partial charge in [-0.3, -0.25) is 0 Å². The Morgan fingerprint density at radius 1 is 1.44 bits per heavy atom. The second-order valence-electron chi connectivity index (χ2n) is 4.53. The van der Waals surface area contributed by atoms with Crippen LogP contribution in [0.15, 0.2) is 11.4 Å². The summed E-state index contributed by atoms with van der Waals surface area (Å²) in [5.74, 6) is 1.15. The molecule has 0 radical (unpaired) electrons. The van der Waals surface area contributed by atoms with E-state index in [2.05, 4.69) is 15.3 Å². The lowest BCUT2D eigenvalue weighted by Crippen LogP contribution is -2.30. The molecule has 0 aliphatic heterocycles. The van der Waals surface area contributed by atoms with Crippen LogP contribution in [0.25, 0.3) is 10.2 Å². The summed E-state index contributed by atoms with van der Waals surface area (Å²) in [6.07, 6.45) is 3.65. The molecule has 0 amide bonds. The summed E-state index contributed by atoms with van der Waals surface area (Å²) in [5, 5.41) is 6.51. The normalized spacial score (nSPS) is 23.6. The molecular formula is C12H16N4OS. The fraction of sp³-hybridized carbons (Fsp3) is 0.500. The molecule has 0 spiro atoms. The number of methoxy groups -OCH3 is 1. The van der Waals surface area contributed by atoms with Crippen molar-refractivity contribution in [3.8, 4) is 0 Å². The number of hydrogen-bond donors (Lipinski definition) is 2. The van der Waals surface area contributed by atoms with Crippen molar-refractivity contribution >= 4 is 33.3 Å². The lowest BCUT2D eigenvalue weighted by Gasteiger charge is -2.20. The summed E-state index contributed by atoms with van der Waals surface area (Å²) >= 11 is 1.58. The minimum Gasteiger partial charge on any atom is -0.379 e. The van der Waals surface area contributed by atoms with Crippen molar-refractivity contribution < 1.29 is 4.74 Å². The maximum atomic E-state index is 5.74. The molecule has 5 nitrogen and oxygen atoms in total. The zero-order valence-corrected chi connectivity index (χ0v) is 11.0. The summed E-state index contributed by atoms with van der Waals surface area (Å²) in [6.45, 7) is 0. The van der Waals surface area contributed by atoms with Crippen molar-refractivity contribution in [3.63, 3.8) is 0 Å². The first-order valence-corrected chi connectivity index (χ1v) is 6.96. The molecule has 96 valence electrons. The molecule has 2 aromatic rings. The third-order valence-electron chi connectivity index (χ3n) is 3.42. The number of fused-ring (bicyclic) bond motifs is 1. The van der Waals surface area contributed by atoms with Gasteiger partial charge in [-0.1, -0.05) is 0 Å². The minimum atomic E-state index is 0.259. The van der Waals surface area contributed by atoms with Crippen LogP contribution in [0.2, 0.25) is 0 Å². The standard InChI is InChI=1S/C12H16N4OS/c1-17-9-4-2-3-8(9)14-10-7-5-6-18-11(7)16-12(13)15-10/h5-6,8-9H,2-4H2,1H3,(H3,13,14,15,16). The first-order valence-electron chi connectivity index (χ1n) is 6.08. The van der Waals surface area contributed by atoms with Gasteiger partial charge in [-0.15, -0.1) is 11.3 Å². The average molecular weight is 264 g/mol. The second kappa shape index (κ2) is 4.70. The molecule has 2 unspecified atom stereocenters. The van der Waals surface area contributed by atoms with Crippen molar-refractivity contribution in [2.75, 3.05) is 18.2 Å². The first-order chi connectivity index (χ1) is 8.78. The third kappa shape index (κ3) is 2.02. The van der Waals surface area contributed by atoms with Crippen molar-refractivity contribution in [1.82, 2.24) is 9.97 Å². The van der Waals surface area contributed by atoms with E-state index in [-0.39, 0.29) is 6.10 Å². The van der Waals surface area contributed by atoms with E-state index in [1.54, 1.807) is 18.4 Å². The zero-order valence-electron chi connectivity index (χ0n) is 10.2. The van der Waals surface area contributed by atoms with Gasteiger partial charge in [0.2, 0.25) is 5.95 Å². The Bertz CT molecular complexity index is 556. The molecule has 2 aromatic heterocycles. The molecule has 0 aromatic carbocycles. The molecule has 18 heavy (non-hydrogen) atoms. The van der Waals surface area contributed by atoms with E-state index < -0.39 is 0 Å². The van der Waals surface area contributed by atoms with E-state index in [0.29, 0.717) is 12.0 Å². The Balaban J connectivity index is 1.92. The smallest absolute Gasteiger partial charge is 0.223 e. The van der Waals surface area contributed by atoms with Gasteiger partial charge < -0.3 is 15.8 Å². The Morgan fingerprint density at radius 2 is 2.33 bits per heavy atom. The monoisotopic (exact) mass is 264 g/mol. The molecule has 2 atom stereocenters. The predicted octanol–water partition coefficient (Wildman–Crippen LogP) is 2.25. The number of aromatic nitrogens is 2. The lowest BCUT2D eigenvalue weighted by atomic mass is 10.2. The Morgan fingerprint density at radius 3 is 3.17 bits per heavy atom. The minimum absolute atomic E-state index is 0.259. The van der Waals surface area contributed by atoms with Crippen LogP contribution in [-0.2, 0) is 4.74 Å². The molecule has 0 bridgehead atoms. The van der Waals surface area contributed by atoms with Crippen molar-refractivity contribution in [3.05, 3.63) is 11.4 Å². The summed E-state index contributed by atoms with van der Waals surface area (Å²) in [4.78, 5) is 9.46. The molecule has 3 rings (SSSR count). The quantitative estimate of drug-likeness (QED) is 0.889. The molecule has 1 aliphatic carbocycles. The fourth-order valence-electron chi connectivity index (χ4n) is 2.53. The second-order valence-corrected chi connectivity index (χ2v) is 5.42. The van der Waals surface area contributed by atoms with Gasteiger partial charge >= 0.3 is 0 Å². The number of nitrogen functional groups attached to an aromatic ring is 1. The van der Waals surface area contributed by atoms with Crippen molar-refractivity contribution in [2.24, 2.45) is 0 Å². The molecule has 2 heterocycles. The van der Waals surface area contributed by atoms with E-state index in [4.69, 9.17) is 10.5 Å². The van der Waals surface area contributed by atoms with E-state index in [9.17, 15) is 0 Å². The average Bonchev–Trinajstić information content (AvgIpc) is 2.96. The number of thiophene rings is 1. The molecule has 1 aliphatic rings. The van der Waals surface area contributed by atoms with Gasteiger partial charge in [0.15, 0.2) is 0 Å². The highest BCUT2D eigenvalue weighted by Gasteiger charge is 2.27. The lowest BCUT2D eigenvalue weighted by molar-refractivity contribution is 0.101.